The molecule has 20 heavy (non-hydrogen) atoms. The number of amides is 2. The molecule has 3 rings (SSSR count). The topological polar surface area (TPSA) is 74.3 Å². The maximum absolute atomic E-state index is 12.4. The zero-order valence-corrected chi connectivity index (χ0v) is 11.3. The Morgan fingerprint density at radius 3 is 2.90 bits per heavy atom. The molecular formula is C13H12N4O2S. The molecule has 102 valence electrons. The molecule has 0 aliphatic carbocycles. The van der Waals surface area contributed by atoms with Gasteiger partial charge in [-0.3, -0.25) is 19.5 Å². The van der Waals surface area contributed by atoms with E-state index in [1.807, 2.05) is 6.07 Å². The van der Waals surface area contributed by atoms with E-state index >= 15 is 0 Å². The van der Waals surface area contributed by atoms with Gasteiger partial charge in [0.1, 0.15) is 11.7 Å². The average Bonchev–Trinajstić information content (AvgIpc) is 2.96. The molecule has 1 atom stereocenters. The number of carbonyl (C=O) groups excluding carboxylic acids is 2. The Hall–Kier alpha value is -2.28. The highest BCUT2D eigenvalue weighted by Crippen LogP contribution is 2.19. The number of nitrogens with one attached hydrogen (secondary N) is 2. The molecule has 2 aliphatic heterocycles. The molecule has 2 fully saturated rings. The highest BCUT2D eigenvalue weighted by atomic mass is 32.1. The third-order valence-electron chi connectivity index (χ3n) is 3.22. The zero-order chi connectivity index (χ0) is 14.1. The number of carbonyl (C=O) groups is 2. The van der Waals surface area contributed by atoms with Gasteiger partial charge in [0, 0.05) is 12.7 Å². The van der Waals surface area contributed by atoms with Gasteiger partial charge in [-0.2, -0.15) is 0 Å². The number of hydrogen-bond donors (Lipinski definition) is 2. The van der Waals surface area contributed by atoms with Crippen LogP contribution in [0.2, 0.25) is 0 Å². The van der Waals surface area contributed by atoms with Crippen molar-refractivity contribution in [3.63, 3.8) is 0 Å². The summed E-state index contributed by atoms with van der Waals surface area (Å²) in [7, 11) is 0. The number of thiocarbonyl (C=S) groups is 1. The molecule has 0 saturated carbocycles. The molecule has 6 nitrogen and oxygen atoms in total. The van der Waals surface area contributed by atoms with Gasteiger partial charge >= 0.3 is 0 Å². The first kappa shape index (κ1) is 12.7. The van der Waals surface area contributed by atoms with E-state index in [-0.39, 0.29) is 16.9 Å². The van der Waals surface area contributed by atoms with Crippen LogP contribution in [0.4, 0.5) is 0 Å². The van der Waals surface area contributed by atoms with Crippen LogP contribution < -0.4 is 10.6 Å². The molecule has 0 radical (unpaired) electrons. The third kappa shape index (κ3) is 2.16. The first-order chi connectivity index (χ1) is 9.66. The van der Waals surface area contributed by atoms with E-state index in [0.717, 1.165) is 0 Å². The summed E-state index contributed by atoms with van der Waals surface area (Å²) in [6.45, 7) is 0.565. The van der Waals surface area contributed by atoms with E-state index in [9.17, 15) is 9.59 Å². The van der Waals surface area contributed by atoms with E-state index in [4.69, 9.17) is 12.2 Å². The molecule has 7 heteroatoms. The van der Waals surface area contributed by atoms with E-state index in [1.165, 1.54) is 4.90 Å². The summed E-state index contributed by atoms with van der Waals surface area (Å²) in [5.41, 5.74) is 0.997. The van der Waals surface area contributed by atoms with Crippen LogP contribution in [0.15, 0.2) is 30.1 Å². The normalized spacial score (nSPS) is 24.2. The quantitative estimate of drug-likeness (QED) is 0.593. The van der Waals surface area contributed by atoms with Gasteiger partial charge in [-0.05, 0) is 36.8 Å². The molecule has 1 unspecified atom stereocenters. The van der Waals surface area contributed by atoms with Gasteiger partial charge in [-0.1, -0.05) is 6.07 Å². The van der Waals surface area contributed by atoms with Crippen LogP contribution in [-0.2, 0) is 9.59 Å². The van der Waals surface area contributed by atoms with Crippen LogP contribution in [0, 0.1) is 0 Å². The second-order valence-corrected chi connectivity index (χ2v) is 4.90. The molecule has 1 aromatic rings. The summed E-state index contributed by atoms with van der Waals surface area (Å²) >= 11 is 5.15. The van der Waals surface area contributed by atoms with Gasteiger partial charge in [0.25, 0.3) is 5.91 Å². The lowest BCUT2D eigenvalue weighted by atomic mass is 10.2. The zero-order valence-electron chi connectivity index (χ0n) is 10.5. The van der Waals surface area contributed by atoms with Gasteiger partial charge in [0.15, 0.2) is 5.11 Å². The fraction of sp³-hybridized carbons (Fsp3) is 0.231. The maximum atomic E-state index is 12.4. The van der Waals surface area contributed by atoms with E-state index in [0.29, 0.717) is 24.4 Å². The number of aromatic nitrogens is 1. The predicted molar refractivity (Wildman–Crippen MR) is 76.2 cm³/mol. The number of nitrogens with zero attached hydrogens (tertiary/aromatic N) is 2. The molecule has 0 bridgehead atoms. The van der Waals surface area contributed by atoms with Gasteiger partial charge < -0.3 is 10.6 Å². The lowest BCUT2D eigenvalue weighted by Crippen LogP contribution is -2.44. The summed E-state index contributed by atoms with van der Waals surface area (Å²) in [5.74, 6) is -0.454. The highest BCUT2D eigenvalue weighted by molar-refractivity contribution is 7.80. The minimum atomic E-state index is -0.517. The summed E-state index contributed by atoms with van der Waals surface area (Å²) < 4.78 is 0. The van der Waals surface area contributed by atoms with Crippen molar-refractivity contribution >= 4 is 35.2 Å². The van der Waals surface area contributed by atoms with E-state index in [1.54, 1.807) is 24.4 Å². The van der Waals surface area contributed by atoms with Crippen molar-refractivity contribution in [2.45, 2.75) is 12.5 Å². The number of rotatable bonds is 2. The Balaban J connectivity index is 1.87. The van der Waals surface area contributed by atoms with Crippen molar-refractivity contribution in [3.05, 3.63) is 35.8 Å². The van der Waals surface area contributed by atoms with Crippen LogP contribution >= 0.6 is 12.2 Å². The number of pyridine rings is 1. The minimum absolute atomic E-state index is 0.165. The monoisotopic (exact) mass is 288 g/mol. The van der Waals surface area contributed by atoms with Crippen LogP contribution in [0.3, 0.4) is 0 Å². The van der Waals surface area contributed by atoms with Gasteiger partial charge in [-0.15, -0.1) is 0 Å². The molecule has 3 heterocycles. The van der Waals surface area contributed by atoms with Crippen molar-refractivity contribution in [1.82, 2.24) is 20.5 Å². The standard InChI is InChI=1S/C13H12N4O2S/c18-11-10(4-6-15-11)17-12(19)9(16-13(17)20)7-8-3-1-2-5-14-8/h1-3,5,7,10H,4,6H2,(H,15,18)(H,16,20)/b9-7-. The summed E-state index contributed by atoms with van der Waals surface area (Å²) in [5, 5.41) is 5.81. The van der Waals surface area contributed by atoms with Crippen molar-refractivity contribution in [3.8, 4) is 0 Å². The van der Waals surface area contributed by atoms with Gasteiger partial charge in [-0.25, -0.2) is 0 Å². The Morgan fingerprint density at radius 2 is 2.25 bits per heavy atom. The molecular weight excluding hydrogens is 276 g/mol. The predicted octanol–water partition coefficient (Wildman–Crippen LogP) is 0.0277. The summed E-state index contributed by atoms with van der Waals surface area (Å²) in [6, 6.07) is 4.90. The van der Waals surface area contributed by atoms with Crippen LogP contribution in [-0.4, -0.2) is 39.4 Å². The summed E-state index contributed by atoms with van der Waals surface area (Å²) in [4.78, 5) is 29.5. The second-order valence-electron chi connectivity index (χ2n) is 4.51. The molecule has 0 spiro atoms. The molecule has 2 aliphatic rings. The first-order valence-corrected chi connectivity index (χ1v) is 6.62. The van der Waals surface area contributed by atoms with Crippen LogP contribution in [0.25, 0.3) is 6.08 Å². The molecule has 2 saturated heterocycles. The third-order valence-corrected chi connectivity index (χ3v) is 3.52. The van der Waals surface area contributed by atoms with Crippen LogP contribution in [0.1, 0.15) is 12.1 Å². The van der Waals surface area contributed by atoms with Crippen molar-refractivity contribution in [2.24, 2.45) is 0 Å². The average molecular weight is 288 g/mol. The smallest absolute Gasteiger partial charge is 0.277 e. The molecule has 2 N–H and O–H groups in total. The Labute approximate surface area is 120 Å². The summed E-state index contributed by atoms with van der Waals surface area (Å²) in [6.07, 6.45) is 3.84. The number of hydrogen-bond acceptors (Lipinski definition) is 4. The molecule has 0 aromatic carbocycles. The van der Waals surface area contributed by atoms with Crippen LogP contribution in [0.5, 0.6) is 0 Å². The van der Waals surface area contributed by atoms with Crippen molar-refractivity contribution in [2.75, 3.05) is 6.54 Å². The maximum Gasteiger partial charge on any atom is 0.277 e. The lowest BCUT2D eigenvalue weighted by Gasteiger charge is -2.19. The lowest BCUT2D eigenvalue weighted by molar-refractivity contribution is -0.130. The van der Waals surface area contributed by atoms with E-state index < -0.39 is 6.04 Å². The minimum Gasteiger partial charge on any atom is -0.354 e. The molecule has 2 amide bonds. The van der Waals surface area contributed by atoms with Gasteiger partial charge in [0.2, 0.25) is 5.91 Å². The molecule has 1 aromatic heterocycles. The fourth-order valence-corrected chi connectivity index (χ4v) is 2.59. The van der Waals surface area contributed by atoms with Gasteiger partial charge in [0.05, 0.1) is 5.69 Å². The largest absolute Gasteiger partial charge is 0.354 e. The SMILES string of the molecule is O=C1NCCC1N1C(=O)/C(=C/c2ccccn2)NC1=S. The Morgan fingerprint density at radius 1 is 1.40 bits per heavy atom. The second kappa shape index (κ2) is 5.01. The van der Waals surface area contributed by atoms with E-state index in [2.05, 4.69) is 15.6 Å². The van der Waals surface area contributed by atoms with Crippen molar-refractivity contribution < 1.29 is 9.59 Å². The fourth-order valence-electron chi connectivity index (χ4n) is 2.27. The first-order valence-electron chi connectivity index (χ1n) is 6.22. The Kier molecular flexibility index (Phi) is 3.19. The Bertz CT molecular complexity index is 614. The van der Waals surface area contributed by atoms with Crippen molar-refractivity contribution in [1.29, 1.82) is 0 Å². The highest BCUT2D eigenvalue weighted by Gasteiger charge is 2.41.